The lowest BCUT2D eigenvalue weighted by atomic mass is 9.92. The molecule has 2 atom stereocenters. The van der Waals surface area contributed by atoms with Crippen molar-refractivity contribution in [1.29, 1.82) is 0 Å². The van der Waals surface area contributed by atoms with Crippen molar-refractivity contribution in [3.63, 3.8) is 0 Å². The third-order valence-corrected chi connectivity index (χ3v) is 3.80. The Kier molecular flexibility index (Phi) is 3.69. The minimum atomic E-state index is -0.121. The van der Waals surface area contributed by atoms with Crippen LogP contribution in [0.15, 0.2) is 42.5 Å². The fourth-order valence-electron chi connectivity index (χ4n) is 2.74. The zero-order valence-electron chi connectivity index (χ0n) is 11.1. The Morgan fingerprint density at radius 1 is 1.32 bits per heavy atom. The number of benzene rings is 1. The molecule has 1 spiro atoms. The van der Waals surface area contributed by atoms with Gasteiger partial charge in [-0.25, -0.2) is 0 Å². The van der Waals surface area contributed by atoms with Crippen molar-refractivity contribution in [3.05, 3.63) is 48.0 Å². The van der Waals surface area contributed by atoms with E-state index in [0.29, 0.717) is 19.8 Å². The van der Waals surface area contributed by atoms with Crippen LogP contribution >= 0.6 is 0 Å². The molecule has 0 N–H and O–H groups in total. The molecule has 0 bridgehead atoms. The molecule has 0 saturated carbocycles. The summed E-state index contributed by atoms with van der Waals surface area (Å²) in [6.07, 6.45) is 2.70. The Morgan fingerprint density at radius 3 is 2.79 bits per heavy atom. The molecule has 2 aliphatic heterocycles. The molecule has 2 unspecified atom stereocenters. The minimum Gasteiger partial charge on any atom is -0.368 e. The van der Waals surface area contributed by atoms with E-state index in [4.69, 9.17) is 14.2 Å². The molecule has 0 aliphatic carbocycles. The maximum atomic E-state index is 5.82. The predicted octanol–water partition coefficient (Wildman–Crippen LogP) is 3.06. The Labute approximate surface area is 114 Å². The largest absolute Gasteiger partial charge is 0.368 e. The van der Waals surface area contributed by atoms with Crippen LogP contribution in [0, 0.1) is 0 Å². The van der Waals surface area contributed by atoms with Crippen molar-refractivity contribution >= 4 is 0 Å². The van der Waals surface area contributed by atoms with Crippen LogP contribution in [0.25, 0.3) is 0 Å². The van der Waals surface area contributed by atoms with Gasteiger partial charge < -0.3 is 14.2 Å². The first-order chi connectivity index (χ1) is 9.26. The van der Waals surface area contributed by atoms with Gasteiger partial charge in [0.1, 0.15) is 0 Å². The highest BCUT2D eigenvalue weighted by molar-refractivity contribution is 5.13. The fourth-order valence-corrected chi connectivity index (χ4v) is 2.74. The minimum absolute atomic E-state index is 0.108. The number of hydrogen-bond donors (Lipinski definition) is 0. The third kappa shape index (κ3) is 3.06. The SMILES string of the molecule is C=C1COC2(CCC(OCc3ccccc3)OC2)C1. The van der Waals surface area contributed by atoms with Gasteiger partial charge in [0.2, 0.25) is 0 Å². The van der Waals surface area contributed by atoms with E-state index >= 15 is 0 Å². The van der Waals surface area contributed by atoms with Crippen molar-refractivity contribution in [2.45, 2.75) is 37.8 Å². The highest BCUT2D eigenvalue weighted by Crippen LogP contribution is 2.37. The fraction of sp³-hybridized carbons (Fsp3) is 0.500. The molecular formula is C16H20O3. The molecule has 3 heteroatoms. The Hall–Kier alpha value is -1.16. The Bertz CT molecular complexity index is 433. The van der Waals surface area contributed by atoms with Gasteiger partial charge in [0.25, 0.3) is 0 Å². The van der Waals surface area contributed by atoms with E-state index < -0.39 is 0 Å². The van der Waals surface area contributed by atoms with Crippen molar-refractivity contribution in [1.82, 2.24) is 0 Å². The van der Waals surface area contributed by atoms with Crippen molar-refractivity contribution in [2.24, 2.45) is 0 Å². The van der Waals surface area contributed by atoms with Gasteiger partial charge in [-0.1, -0.05) is 36.9 Å². The van der Waals surface area contributed by atoms with Crippen LogP contribution in [0.1, 0.15) is 24.8 Å². The van der Waals surface area contributed by atoms with Crippen LogP contribution in [0.4, 0.5) is 0 Å². The maximum Gasteiger partial charge on any atom is 0.158 e. The van der Waals surface area contributed by atoms with Gasteiger partial charge >= 0.3 is 0 Å². The van der Waals surface area contributed by atoms with Gasteiger partial charge in [0.15, 0.2) is 6.29 Å². The summed E-state index contributed by atoms with van der Waals surface area (Å²) in [6, 6.07) is 10.2. The molecule has 0 radical (unpaired) electrons. The average molecular weight is 260 g/mol. The van der Waals surface area contributed by atoms with Crippen molar-refractivity contribution < 1.29 is 14.2 Å². The molecule has 102 valence electrons. The molecule has 19 heavy (non-hydrogen) atoms. The lowest BCUT2D eigenvalue weighted by Crippen LogP contribution is -2.42. The molecule has 3 nitrogen and oxygen atoms in total. The average Bonchev–Trinajstić information content (AvgIpc) is 2.81. The molecular weight excluding hydrogens is 240 g/mol. The first kappa shape index (κ1) is 12.9. The van der Waals surface area contributed by atoms with Crippen molar-refractivity contribution in [3.8, 4) is 0 Å². The van der Waals surface area contributed by atoms with E-state index in [1.165, 1.54) is 11.1 Å². The Balaban J connectivity index is 1.47. The van der Waals surface area contributed by atoms with Gasteiger partial charge in [-0.15, -0.1) is 0 Å². The third-order valence-electron chi connectivity index (χ3n) is 3.80. The molecule has 2 fully saturated rings. The van der Waals surface area contributed by atoms with Crippen LogP contribution in [-0.4, -0.2) is 25.1 Å². The summed E-state index contributed by atoms with van der Waals surface area (Å²) in [5, 5.41) is 0. The monoisotopic (exact) mass is 260 g/mol. The zero-order chi connectivity index (χ0) is 13.1. The highest BCUT2D eigenvalue weighted by Gasteiger charge is 2.41. The molecule has 0 amide bonds. The first-order valence-electron chi connectivity index (χ1n) is 6.84. The summed E-state index contributed by atoms with van der Waals surface area (Å²) in [6.45, 7) is 5.89. The van der Waals surface area contributed by atoms with E-state index in [1.807, 2.05) is 18.2 Å². The second-order valence-electron chi connectivity index (χ2n) is 5.47. The molecule has 2 aliphatic rings. The van der Waals surface area contributed by atoms with E-state index in [0.717, 1.165) is 19.3 Å². The molecule has 1 aromatic rings. The van der Waals surface area contributed by atoms with Crippen LogP contribution in [0.3, 0.4) is 0 Å². The van der Waals surface area contributed by atoms with E-state index in [1.54, 1.807) is 0 Å². The number of rotatable bonds is 3. The zero-order valence-corrected chi connectivity index (χ0v) is 11.1. The van der Waals surface area contributed by atoms with Crippen LogP contribution in [0.5, 0.6) is 0 Å². The van der Waals surface area contributed by atoms with E-state index in [9.17, 15) is 0 Å². The van der Waals surface area contributed by atoms with Gasteiger partial charge in [-0.3, -0.25) is 0 Å². The van der Waals surface area contributed by atoms with Gasteiger partial charge in [0.05, 0.1) is 25.4 Å². The number of ether oxygens (including phenoxy) is 3. The summed E-state index contributed by atoms with van der Waals surface area (Å²) in [4.78, 5) is 0. The van der Waals surface area contributed by atoms with Gasteiger partial charge in [0, 0.05) is 12.8 Å². The quantitative estimate of drug-likeness (QED) is 0.782. The summed E-state index contributed by atoms with van der Waals surface area (Å²) in [5.41, 5.74) is 2.23. The first-order valence-corrected chi connectivity index (χ1v) is 6.84. The molecule has 2 heterocycles. The summed E-state index contributed by atoms with van der Waals surface area (Å²) in [7, 11) is 0. The lowest BCUT2D eigenvalue weighted by Gasteiger charge is -2.36. The highest BCUT2D eigenvalue weighted by atomic mass is 16.7. The van der Waals surface area contributed by atoms with Crippen LogP contribution in [-0.2, 0) is 20.8 Å². The molecule has 1 aromatic carbocycles. The molecule has 3 rings (SSSR count). The van der Waals surface area contributed by atoms with E-state index in [-0.39, 0.29) is 11.9 Å². The number of hydrogen-bond acceptors (Lipinski definition) is 3. The van der Waals surface area contributed by atoms with E-state index in [2.05, 4.69) is 18.7 Å². The summed E-state index contributed by atoms with van der Waals surface area (Å²) >= 11 is 0. The van der Waals surface area contributed by atoms with Crippen LogP contribution < -0.4 is 0 Å². The predicted molar refractivity (Wildman–Crippen MR) is 72.6 cm³/mol. The normalized spacial score (nSPS) is 30.9. The Morgan fingerprint density at radius 2 is 2.16 bits per heavy atom. The second-order valence-corrected chi connectivity index (χ2v) is 5.47. The molecule has 0 aromatic heterocycles. The van der Waals surface area contributed by atoms with Crippen LogP contribution in [0.2, 0.25) is 0 Å². The lowest BCUT2D eigenvalue weighted by molar-refractivity contribution is -0.220. The standard InChI is InChI=1S/C16H20O3/c1-13-9-16(19-10-13)8-7-15(18-12-16)17-11-14-5-3-2-4-6-14/h2-6,15H,1,7-12H2. The second kappa shape index (κ2) is 5.45. The van der Waals surface area contributed by atoms with Gasteiger partial charge in [-0.2, -0.15) is 0 Å². The van der Waals surface area contributed by atoms with Crippen molar-refractivity contribution in [2.75, 3.05) is 13.2 Å². The summed E-state index contributed by atoms with van der Waals surface area (Å²) in [5.74, 6) is 0. The smallest absolute Gasteiger partial charge is 0.158 e. The summed E-state index contributed by atoms with van der Waals surface area (Å²) < 4.78 is 17.4. The molecule has 2 saturated heterocycles. The maximum absolute atomic E-state index is 5.82. The van der Waals surface area contributed by atoms with Gasteiger partial charge in [-0.05, 0) is 17.6 Å². The topological polar surface area (TPSA) is 27.7 Å².